The molecular weight excluding hydrogens is 188 g/mol. The molecule has 0 aromatic carbocycles. The van der Waals surface area contributed by atoms with Gasteiger partial charge in [0.25, 0.3) is 0 Å². The minimum Gasteiger partial charge on any atom is -0.461 e. The van der Waals surface area contributed by atoms with Gasteiger partial charge >= 0.3 is 5.97 Å². The first-order valence-corrected chi connectivity index (χ1v) is 5.09. The topological polar surface area (TPSA) is 52.1 Å². The average Bonchev–Trinajstić information content (AvgIpc) is 2.54. The standard InChI is InChI=1S/C8H12N2O2S/c1-3-5-6-9-10-7(13-6)8(11)12-4-2/h3-5H2,1-2H3. The maximum atomic E-state index is 11.1. The molecule has 0 aliphatic carbocycles. The van der Waals surface area contributed by atoms with Gasteiger partial charge in [0, 0.05) is 6.42 Å². The van der Waals surface area contributed by atoms with Gasteiger partial charge in [0.15, 0.2) is 0 Å². The van der Waals surface area contributed by atoms with E-state index in [1.165, 1.54) is 11.3 Å². The van der Waals surface area contributed by atoms with E-state index in [0.29, 0.717) is 11.6 Å². The van der Waals surface area contributed by atoms with Crippen molar-refractivity contribution >= 4 is 17.3 Å². The van der Waals surface area contributed by atoms with E-state index in [2.05, 4.69) is 17.1 Å². The molecule has 0 aliphatic heterocycles. The Hall–Kier alpha value is -0.970. The van der Waals surface area contributed by atoms with E-state index < -0.39 is 0 Å². The van der Waals surface area contributed by atoms with Gasteiger partial charge < -0.3 is 4.74 Å². The van der Waals surface area contributed by atoms with Gasteiger partial charge in [0.2, 0.25) is 5.01 Å². The Morgan fingerprint density at radius 2 is 2.23 bits per heavy atom. The highest BCUT2D eigenvalue weighted by atomic mass is 32.1. The van der Waals surface area contributed by atoms with Crippen LogP contribution in [-0.2, 0) is 11.2 Å². The number of esters is 1. The van der Waals surface area contributed by atoms with Gasteiger partial charge in [-0.1, -0.05) is 18.3 Å². The minimum absolute atomic E-state index is 0.352. The zero-order valence-corrected chi connectivity index (χ0v) is 8.56. The highest BCUT2D eigenvalue weighted by molar-refractivity contribution is 7.13. The summed E-state index contributed by atoms with van der Waals surface area (Å²) >= 11 is 1.31. The summed E-state index contributed by atoms with van der Waals surface area (Å²) in [5.74, 6) is -0.373. The van der Waals surface area contributed by atoms with Gasteiger partial charge in [-0.15, -0.1) is 10.2 Å². The molecule has 5 heteroatoms. The lowest BCUT2D eigenvalue weighted by atomic mass is 10.4. The Bertz CT molecular complexity index is 285. The Morgan fingerprint density at radius 3 is 2.85 bits per heavy atom. The maximum absolute atomic E-state index is 11.1. The number of rotatable bonds is 4. The Kier molecular flexibility index (Phi) is 3.82. The second-order valence-corrected chi connectivity index (χ2v) is 3.53. The highest BCUT2D eigenvalue weighted by Gasteiger charge is 2.12. The van der Waals surface area contributed by atoms with Gasteiger partial charge in [-0.3, -0.25) is 0 Å². The molecule has 1 aromatic rings. The van der Waals surface area contributed by atoms with Crippen LogP contribution in [0.25, 0.3) is 0 Å². The fraction of sp³-hybridized carbons (Fsp3) is 0.625. The zero-order chi connectivity index (χ0) is 9.68. The molecule has 4 nitrogen and oxygen atoms in total. The summed E-state index contributed by atoms with van der Waals surface area (Å²) in [6, 6.07) is 0. The van der Waals surface area contributed by atoms with E-state index in [9.17, 15) is 4.79 Å². The molecule has 0 saturated carbocycles. The van der Waals surface area contributed by atoms with Crippen LogP contribution in [-0.4, -0.2) is 22.8 Å². The zero-order valence-electron chi connectivity index (χ0n) is 7.74. The van der Waals surface area contributed by atoms with Crippen molar-refractivity contribution in [2.45, 2.75) is 26.7 Å². The number of carbonyl (C=O) groups excluding carboxylic acids is 1. The fourth-order valence-electron chi connectivity index (χ4n) is 0.844. The quantitative estimate of drug-likeness (QED) is 0.694. The largest absolute Gasteiger partial charge is 0.461 e. The van der Waals surface area contributed by atoms with Crippen molar-refractivity contribution in [1.82, 2.24) is 10.2 Å². The van der Waals surface area contributed by atoms with E-state index in [0.717, 1.165) is 17.8 Å². The lowest BCUT2D eigenvalue weighted by Crippen LogP contribution is -2.03. The van der Waals surface area contributed by atoms with Crippen LogP contribution in [0, 0.1) is 0 Å². The number of nitrogens with zero attached hydrogens (tertiary/aromatic N) is 2. The van der Waals surface area contributed by atoms with Crippen LogP contribution < -0.4 is 0 Å². The van der Waals surface area contributed by atoms with E-state index in [-0.39, 0.29) is 5.97 Å². The predicted octanol–water partition coefficient (Wildman–Crippen LogP) is 1.67. The van der Waals surface area contributed by atoms with Crippen LogP contribution in [0.1, 0.15) is 35.1 Å². The number of ether oxygens (including phenoxy) is 1. The molecule has 1 rings (SSSR count). The predicted molar refractivity (Wildman–Crippen MR) is 49.9 cm³/mol. The number of aromatic nitrogens is 2. The van der Waals surface area contributed by atoms with Crippen LogP contribution in [0.5, 0.6) is 0 Å². The highest BCUT2D eigenvalue weighted by Crippen LogP contribution is 2.12. The molecule has 0 bridgehead atoms. The molecule has 0 spiro atoms. The Morgan fingerprint density at radius 1 is 1.46 bits per heavy atom. The Labute approximate surface area is 80.9 Å². The lowest BCUT2D eigenvalue weighted by molar-refractivity contribution is 0.0525. The summed E-state index contributed by atoms with van der Waals surface area (Å²) in [4.78, 5) is 11.1. The number of carbonyl (C=O) groups is 1. The van der Waals surface area contributed by atoms with Crippen molar-refractivity contribution in [3.05, 3.63) is 10.0 Å². The van der Waals surface area contributed by atoms with E-state index in [1.807, 2.05) is 0 Å². The summed E-state index contributed by atoms with van der Waals surface area (Å²) in [5, 5.41) is 8.87. The van der Waals surface area contributed by atoms with Crippen LogP contribution in [0.4, 0.5) is 0 Å². The van der Waals surface area contributed by atoms with Crippen molar-refractivity contribution < 1.29 is 9.53 Å². The fourth-order valence-corrected chi connectivity index (χ4v) is 1.68. The van der Waals surface area contributed by atoms with Gasteiger partial charge in [-0.25, -0.2) is 4.79 Å². The molecule has 0 aliphatic rings. The first-order valence-electron chi connectivity index (χ1n) is 4.27. The molecule has 0 fully saturated rings. The second kappa shape index (κ2) is 4.91. The van der Waals surface area contributed by atoms with Gasteiger partial charge in [-0.05, 0) is 13.3 Å². The van der Waals surface area contributed by atoms with Crippen molar-refractivity contribution in [2.24, 2.45) is 0 Å². The third-order valence-corrected chi connectivity index (χ3v) is 2.34. The third kappa shape index (κ3) is 2.77. The molecular formula is C8H12N2O2S. The van der Waals surface area contributed by atoms with E-state index in [4.69, 9.17) is 4.74 Å². The Balaban J connectivity index is 2.62. The van der Waals surface area contributed by atoms with Gasteiger partial charge in [0.1, 0.15) is 5.01 Å². The lowest BCUT2D eigenvalue weighted by Gasteiger charge is -1.94. The average molecular weight is 200 g/mol. The van der Waals surface area contributed by atoms with Crippen molar-refractivity contribution in [1.29, 1.82) is 0 Å². The molecule has 72 valence electrons. The van der Waals surface area contributed by atoms with Crippen molar-refractivity contribution in [3.8, 4) is 0 Å². The molecule has 0 atom stereocenters. The number of aryl methyl sites for hydroxylation is 1. The van der Waals surface area contributed by atoms with E-state index in [1.54, 1.807) is 6.92 Å². The molecule has 0 unspecified atom stereocenters. The molecule has 0 saturated heterocycles. The number of hydrogen-bond acceptors (Lipinski definition) is 5. The summed E-state index contributed by atoms with van der Waals surface area (Å²) in [5.41, 5.74) is 0. The summed E-state index contributed by atoms with van der Waals surface area (Å²) in [6.45, 7) is 4.21. The number of hydrogen-bond donors (Lipinski definition) is 0. The van der Waals surface area contributed by atoms with Crippen molar-refractivity contribution in [2.75, 3.05) is 6.61 Å². The third-order valence-electron chi connectivity index (χ3n) is 1.38. The summed E-state index contributed by atoms with van der Waals surface area (Å²) < 4.78 is 4.79. The van der Waals surface area contributed by atoms with Gasteiger partial charge in [-0.2, -0.15) is 0 Å². The first-order chi connectivity index (χ1) is 6.27. The summed E-state index contributed by atoms with van der Waals surface area (Å²) in [6.07, 6.45) is 1.88. The van der Waals surface area contributed by atoms with Crippen molar-refractivity contribution in [3.63, 3.8) is 0 Å². The first kappa shape index (κ1) is 10.1. The molecule has 13 heavy (non-hydrogen) atoms. The molecule has 0 amide bonds. The van der Waals surface area contributed by atoms with Gasteiger partial charge in [0.05, 0.1) is 6.61 Å². The minimum atomic E-state index is -0.373. The molecule has 1 heterocycles. The summed E-state index contributed by atoms with van der Waals surface area (Å²) in [7, 11) is 0. The molecule has 0 radical (unpaired) electrons. The van der Waals surface area contributed by atoms with Crippen LogP contribution in [0.3, 0.4) is 0 Å². The normalized spacial score (nSPS) is 10.0. The SMILES string of the molecule is CCCc1nnc(C(=O)OCC)s1. The smallest absolute Gasteiger partial charge is 0.369 e. The van der Waals surface area contributed by atoms with E-state index >= 15 is 0 Å². The van der Waals surface area contributed by atoms with Crippen LogP contribution in [0.15, 0.2) is 0 Å². The molecule has 1 aromatic heterocycles. The monoisotopic (exact) mass is 200 g/mol. The maximum Gasteiger partial charge on any atom is 0.369 e. The van der Waals surface area contributed by atoms with Crippen LogP contribution >= 0.6 is 11.3 Å². The molecule has 0 N–H and O–H groups in total. The van der Waals surface area contributed by atoms with Crippen LogP contribution in [0.2, 0.25) is 0 Å². The second-order valence-electron chi connectivity index (χ2n) is 2.47.